The van der Waals surface area contributed by atoms with Gasteiger partial charge in [0.25, 0.3) is 0 Å². The third-order valence-electron chi connectivity index (χ3n) is 5.29. The standard InChI is InChI=1S/C22H19ClF3N7O4/c1-12-9-27-8-7-15(12)33-19(20(35)37-2)28-17(29-33)11-32-21(36)31(10-16(34)22(24,25)26)18(30-32)13-3-5-14(23)6-4-13/h3-9,16,34H,10-11H2,1-2H3/t16-/m0/s1. The number of aromatic nitrogens is 7. The van der Waals surface area contributed by atoms with Gasteiger partial charge in [-0.05, 0) is 42.8 Å². The number of rotatable bonds is 7. The van der Waals surface area contributed by atoms with Gasteiger partial charge in [-0.25, -0.2) is 23.9 Å². The molecule has 0 bridgehead atoms. The smallest absolute Gasteiger partial charge is 0.416 e. The van der Waals surface area contributed by atoms with E-state index in [4.69, 9.17) is 16.3 Å². The van der Waals surface area contributed by atoms with E-state index in [2.05, 4.69) is 20.2 Å². The van der Waals surface area contributed by atoms with Crippen molar-refractivity contribution in [3.8, 4) is 17.1 Å². The molecule has 0 saturated carbocycles. The van der Waals surface area contributed by atoms with Crippen LogP contribution in [0.5, 0.6) is 0 Å². The van der Waals surface area contributed by atoms with Crippen molar-refractivity contribution in [2.24, 2.45) is 0 Å². The molecule has 11 nitrogen and oxygen atoms in total. The summed E-state index contributed by atoms with van der Waals surface area (Å²) in [5.74, 6) is -1.17. The van der Waals surface area contributed by atoms with E-state index in [0.717, 1.165) is 11.8 Å². The van der Waals surface area contributed by atoms with Gasteiger partial charge in [-0.2, -0.15) is 13.2 Å². The number of halogens is 4. The molecule has 0 radical (unpaired) electrons. The van der Waals surface area contributed by atoms with Crippen molar-refractivity contribution in [3.05, 3.63) is 75.4 Å². The highest BCUT2D eigenvalue weighted by atomic mass is 35.5. The summed E-state index contributed by atoms with van der Waals surface area (Å²) in [7, 11) is 1.16. The van der Waals surface area contributed by atoms with Crippen LogP contribution in [0.2, 0.25) is 5.02 Å². The predicted octanol–water partition coefficient (Wildman–Crippen LogP) is 2.41. The number of nitrogens with zero attached hydrogens (tertiary/aromatic N) is 7. The van der Waals surface area contributed by atoms with Gasteiger partial charge < -0.3 is 9.84 Å². The molecule has 0 aliphatic carbocycles. The Bertz CT molecular complexity index is 1500. The van der Waals surface area contributed by atoms with Gasteiger partial charge >= 0.3 is 17.8 Å². The van der Waals surface area contributed by atoms with E-state index in [9.17, 15) is 27.9 Å². The Labute approximate surface area is 211 Å². The molecule has 4 rings (SSSR count). The maximum Gasteiger partial charge on any atom is 0.416 e. The molecule has 0 fully saturated rings. The monoisotopic (exact) mass is 537 g/mol. The Morgan fingerprint density at radius 3 is 2.51 bits per heavy atom. The third-order valence-corrected chi connectivity index (χ3v) is 5.54. The molecule has 4 aromatic rings. The second-order valence-electron chi connectivity index (χ2n) is 7.86. The number of esters is 1. The number of hydrogen-bond donors (Lipinski definition) is 1. The summed E-state index contributed by atoms with van der Waals surface area (Å²) in [5, 5.41) is 18.5. The van der Waals surface area contributed by atoms with Gasteiger partial charge in [0, 0.05) is 23.0 Å². The van der Waals surface area contributed by atoms with Crippen LogP contribution in [0, 0.1) is 6.92 Å². The lowest BCUT2D eigenvalue weighted by molar-refractivity contribution is -0.207. The van der Waals surface area contributed by atoms with E-state index in [0.29, 0.717) is 20.8 Å². The van der Waals surface area contributed by atoms with Crippen LogP contribution in [0.15, 0.2) is 47.5 Å². The average Bonchev–Trinajstić information content (AvgIpc) is 3.40. The average molecular weight is 538 g/mol. The lowest BCUT2D eigenvalue weighted by Gasteiger charge is -2.15. The number of methoxy groups -OCH3 is 1. The van der Waals surface area contributed by atoms with E-state index in [1.165, 1.54) is 35.1 Å². The van der Waals surface area contributed by atoms with Gasteiger partial charge in [-0.3, -0.25) is 9.55 Å². The summed E-state index contributed by atoms with van der Waals surface area (Å²) in [6.45, 7) is 0.253. The molecule has 1 N–H and O–H groups in total. The van der Waals surface area contributed by atoms with Crippen LogP contribution < -0.4 is 5.69 Å². The summed E-state index contributed by atoms with van der Waals surface area (Å²) in [6, 6.07) is 7.50. The molecule has 0 amide bonds. The second kappa shape index (κ2) is 10.1. The first-order valence-electron chi connectivity index (χ1n) is 10.6. The number of carbonyl (C=O) groups excluding carboxylic acids is 1. The molecule has 194 valence electrons. The van der Waals surface area contributed by atoms with Crippen molar-refractivity contribution in [1.82, 2.24) is 34.1 Å². The molecule has 15 heteroatoms. The number of pyridine rings is 1. The molecule has 0 aliphatic rings. The van der Waals surface area contributed by atoms with Crippen molar-refractivity contribution < 1.29 is 27.8 Å². The van der Waals surface area contributed by atoms with Crippen LogP contribution in [0.3, 0.4) is 0 Å². The predicted molar refractivity (Wildman–Crippen MR) is 123 cm³/mol. The van der Waals surface area contributed by atoms with E-state index < -0.39 is 37.0 Å². The summed E-state index contributed by atoms with van der Waals surface area (Å²) >= 11 is 5.90. The van der Waals surface area contributed by atoms with Crippen LogP contribution in [0.1, 0.15) is 22.0 Å². The van der Waals surface area contributed by atoms with Crippen molar-refractivity contribution >= 4 is 17.6 Å². The number of aryl methyl sites for hydroxylation is 1. The lowest BCUT2D eigenvalue weighted by atomic mass is 10.2. The number of benzene rings is 1. The quantitative estimate of drug-likeness (QED) is 0.356. The van der Waals surface area contributed by atoms with Crippen LogP contribution in [0.4, 0.5) is 13.2 Å². The Balaban J connectivity index is 1.79. The highest BCUT2D eigenvalue weighted by Gasteiger charge is 2.39. The third kappa shape index (κ3) is 5.39. The minimum Gasteiger partial charge on any atom is -0.463 e. The largest absolute Gasteiger partial charge is 0.463 e. The van der Waals surface area contributed by atoms with Gasteiger partial charge in [0.05, 0.1) is 19.3 Å². The maximum absolute atomic E-state index is 13.1. The molecule has 3 heterocycles. The number of carbonyl (C=O) groups is 1. The molecular formula is C22H19ClF3N7O4. The molecule has 0 spiro atoms. The Kier molecular flexibility index (Phi) is 7.14. The van der Waals surface area contributed by atoms with E-state index in [1.807, 2.05) is 0 Å². The van der Waals surface area contributed by atoms with Crippen LogP contribution in [0.25, 0.3) is 17.1 Å². The minimum absolute atomic E-state index is 0.0395. The molecule has 37 heavy (non-hydrogen) atoms. The normalized spacial score (nSPS) is 12.5. The zero-order valence-electron chi connectivity index (χ0n) is 19.3. The first-order chi connectivity index (χ1) is 17.5. The fraction of sp³-hybridized carbons (Fsp3) is 0.273. The van der Waals surface area contributed by atoms with Crippen molar-refractivity contribution in [2.45, 2.75) is 32.3 Å². The first kappa shape index (κ1) is 26.0. The zero-order valence-corrected chi connectivity index (χ0v) is 20.1. The van der Waals surface area contributed by atoms with E-state index in [-0.39, 0.29) is 23.0 Å². The Hall–Kier alpha value is -4.04. The number of hydrogen-bond acceptors (Lipinski definition) is 8. The van der Waals surface area contributed by atoms with E-state index >= 15 is 0 Å². The fourth-order valence-corrected chi connectivity index (χ4v) is 3.57. The molecule has 0 unspecified atom stereocenters. The van der Waals surface area contributed by atoms with Crippen molar-refractivity contribution in [1.29, 1.82) is 0 Å². The number of alkyl halides is 3. The number of aliphatic hydroxyl groups excluding tert-OH is 1. The van der Waals surface area contributed by atoms with E-state index in [1.54, 1.807) is 19.2 Å². The SMILES string of the molecule is COC(=O)c1nc(Cn2nc(-c3ccc(Cl)cc3)n(C[C@H](O)C(F)(F)F)c2=O)nn1-c1ccncc1C. The van der Waals surface area contributed by atoms with Gasteiger partial charge in [-0.15, -0.1) is 10.2 Å². The highest BCUT2D eigenvalue weighted by Crippen LogP contribution is 2.24. The molecule has 0 aliphatic heterocycles. The molecule has 3 aromatic heterocycles. The van der Waals surface area contributed by atoms with Gasteiger partial charge in [0.15, 0.2) is 17.8 Å². The number of ether oxygens (including phenoxy) is 1. The topological polar surface area (TPSA) is 130 Å². The lowest BCUT2D eigenvalue weighted by Crippen LogP contribution is -2.37. The maximum atomic E-state index is 13.1. The van der Waals surface area contributed by atoms with Crippen LogP contribution in [-0.2, 0) is 17.8 Å². The first-order valence-corrected chi connectivity index (χ1v) is 11.0. The molecule has 0 saturated heterocycles. The van der Waals surface area contributed by atoms with Gasteiger partial charge in [0.2, 0.25) is 5.82 Å². The molecule has 1 aromatic carbocycles. The summed E-state index contributed by atoms with van der Waals surface area (Å²) in [5.41, 5.74) is 0.471. The summed E-state index contributed by atoms with van der Waals surface area (Å²) in [6.07, 6.45) is -4.74. The Morgan fingerprint density at radius 1 is 1.19 bits per heavy atom. The summed E-state index contributed by atoms with van der Waals surface area (Å²) in [4.78, 5) is 33.6. The Morgan fingerprint density at radius 2 is 1.89 bits per heavy atom. The van der Waals surface area contributed by atoms with Crippen molar-refractivity contribution in [3.63, 3.8) is 0 Å². The van der Waals surface area contributed by atoms with Crippen molar-refractivity contribution in [2.75, 3.05) is 7.11 Å². The minimum atomic E-state index is -4.96. The zero-order chi connectivity index (χ0) is 26.9. The molecular weight excluding hydrogens is 519 g/mol. The van der Waals surface area contributed by atoms with Crippen LogP contribution in [-0.4, -0.2) is 64.6 Å². The number of aliphatic hydroxyl groups is 1. The molecule has 1 atom stereocenters. The van der Waals surface area contributed by atoms with Crippen LogP contribution >= 0.6 is 11.6 Å². The van der Waals surface area contributed by atoms with Gasteiger partial charge in [0.1, 0.15) is 6.54 Å². The second-order valence-corrected chi connectivity index (χ2v) is 8.29. The van der Waals surface area contributed by atoms with Gasteiger partial charge in [-0.1, -0.05) is 11.6 Å². The summed E-state index contributed by atoms with van der Waals surface area (Å²) < 4.78 is 46.8. The highest BCUT2D eigenvalue weighted by molar-refractivity contribution is 6.30. The fourth-order valence-electron chi connectivity index (χ4n) is 3.45.